The standard InChI is InChI=1S/C50H36O4P2/c51-47(52)33-27-35-15-13-25-43-41(35)29-31-45(55(37-17-5-1-6-18-37)38-19-7-2-8-20-38)49(43)50-44-26-14-16-36(28-34-48(53)54)42(44)30-32-46(50)56(39-21-9-3-10-22-39)40-23-11-4-12-24-40/h1-34H,(H,51,52)(H,53,54). The lowest BCUT2D eigenvalue weighted by Gasteiger charge is -2.29. The Hall–Kier alpha value is -6.44. The van der Waals surface area contributed by atoms with Crippen molar-refractivity contribution in [3.63, 3.8) is 0 Å². The Bertz CT molecular complexity index is 2480. The lowest BCUT2D eigenvalue weighted by atomic mass is 9.91. The van der Waals surface area contributed by atoms with E-state index >= 15 is 0 Å². The van der Waals surface area contributed by atoms with Crippen LogP contribution in [0.15, 0.2) is 194 Å². The minimum Gasteiger partial charge on any atom is -0.478 e. The quantitative estimate of drug-likeness (QED) is 0.102. The Labute approximate surface area is 328 Å². The van der Waals surface area contributed by atoms with E-state index in [1.165, 1.54) is 44.0 Å². The topological polar surface area (TPSA) is 74.6 Å². The summed E-state index contributed by atoms with van der Waals surface area (Å²) in [5.74, 6) is -2.02. The van der Waals surface area contributed by atoms with Crippen molar-refractivity contribution in [2.24, 2.45) is 0 Å². The number of fused-ring (bicyclic) bond motifs is 2. The zero-order chi connectivity index (χ0) is 38.4. The van der Waals surface area contributed by atoms with E-state index in [0.717, 1.165) is 43.8 Å². The summed E-state index contributed by atoms with van der Waals surface area (Å²) < 4.78 is 0. The van der Waals surface area contributed by atoms with Gasteiger partial charge in [-0.1, -0.05) is 182 Å². The van der Waals surface area contributed by atoms with Crippen molar-refractivity contribution in [3.05, 3.63) is 205 Å². The predicted molar refractivity (Wildman–Crippen MR) is 238 cm³/mol. The minimum absolute atomic E-state index is 0.807. The molecule has 0 saturated heterocycles. The van der Waals surface area contributed by atoms with E-state index in [9.17, 15) is 19.8 Å². The van der Waals surface area contributed by atoms with E-state index in [4.69, 9.17) is 0 Å². The van der Waals surface area contributed by atoms with E-state index in [0.29, 0.717) is 0 Å². The number of rotatable bonds is 11. The molecule has 0 aliphatic carbocycles. The molecule has 0 unspecified atom stereocenters. The average molecular weight is 763 g/mol. The molecule has 0 amide bonds. The Morgan fingerprint density at radius 1 is 0.357 bits per heavy atom. The fraction of sp³-hybridized carbons (Fsp3) is 0. The van der Waals surface area contributed by atoms with Crippen molar-refractivity contribution in [1.29, 1.82) is 0 Å². The largest absolute Gasteiger partial charge is 0.478 e. The first-order valence-corrected chi connectivity index (χ1v) is 20.9. The highest BCUT2D eigenvalue weighted by atomic mass is 31.1. The molecule has 2 N–H and O–H groups in total. The fourth-order valence-corrected chi connectivity index (χ4v) is 12.4. The van der Waals surface area contributed by atoms with Crippen LogP contribution in [0, 0.1) is 0 Å². The maximum atomic E-state index is 11.8. The Balaban J connectivity index is 1.58. The molecule has 0 spiro atoms. The van der Waals surface area contributed by atoms with Gasteiger partial charge in [0.15, 0.2) is 0 Å². The van der Waals surface area contributed by atoms with Crippen LogP contribution in [0.25, 0.3) is 44.8 Å². The zero-order valence-corrected chi connectivity index (χ0v) is 32.0. The van der Waals surface area contributed by atoms with Gasteiger partial charge in [-0.05, 0) is 104 Å². The molecule has 4 nitrogen and oxygen atoms in total. The number of hydrogen-bond donors (Lipinski definition) is 2. The van der Waals surface area contributed by atoms with Crippen LogP contribution in [0.5, 0.6) is 0 Å². The fourth-order valence-electron chi connectivity index (χ4n) is 7.42. The zero-order valence-electron chi connectivity index (χ0n) is 30.2. The number of aliphatic carboxylic acids is 2. The summed E-state index contributed by atoms with van der Waals surface area (Å²) in [5, 5.41) is 30.4. The van der Waals surface area contributed by atoms with Gasteiger partial charge in [0.1, 0.15) is 0 Å². The molecule has 6 heteroatoms. The number of benzene rings is 8. The van der Waals surface area contributed by atoms with Crippen molar-refractivity contribution in [2.75, 3.05) is 0 Å². The molecular formula is C50H36O4P2. The maximum Gasteiger partial charge on any atom is 0.328 e. The Kier molecular flexibility index (Phi) is 10.8. The highest BCUT2D eigenvalue weighted by molar-refractivity contribution is 7.80. The second-order valence-electron chi connectivity index (χ2n) is 13.2. The summed E-state index contributed by atoms with van der Waals surface area (Å²) in [6.45, 7) is 0. The molecule has 0 aromatic heterocycles. The molecule has 8 rings (SSSR count). The summed E-state index contributed by atoms with van der Waals surface area (Å²) in [4.78, 5) is 23.6. The van der Waals surface area contributed by atoms with Gasteiger partial charge in [0.2, 0.25) is 0 Å². The average Bonchev–Trinajstić information content (AvgIpc) is 3.23. The molecule has 0 bridgehead atoms. The molecule has 0 aliphatic heterocycles. The van der Waals surface area contributed by atoms with Gasteiger partial charge in [0, 0.05) is 12.2 Å². The normalized spacial score (nSPS) is 11.7. The third-order valence-corrected chi connectivity index (χ3v) is 14.7. The van der Waals surface area contributed by atoms with Gasteiger partial charge >= 0.3 is 11.9 Å². The minimum atomic E-state index is -1.11. The van der Waals surface area contributed by atoms with E-state index in [2.05, 4.69) is 133 Å². The molecule has 0 fully saturated rings. The molecule has 0 atom stereocenters. The van der Waals surface area contributed by atoms with Crippen LogP contribution in [0.3, 0.4) is 0 Å². The summed E-state index contributed by atoms with van der Waals surface area (Å²) in [7, 11) is -2.21. The van der Waals surface area contributed by atoms with Crippen LogP contribution >= 0.6 is 15.8 Å². The van der Waals surface area contributed by atoms with Crippen molar-refractivity contribution in [3.8, 4) is 11.1 Å². The van der Waals surface area contributed by atoms with Gasteiger partial charge in [-0.25, -0.2) is 9.59 Å². The van der Waals surface area contributed by atoms with Crippen LogP contribution in [-0.4, -0.2) is 22.2 Å². The molecule has 8 aromatic carbocycles. The van der Waals surface area contributed by atoms with E-state index in [1.54, 1.807) is 12.2 Å². The highest BCUT2D eigenvalue weighted by Gasteiger charge is 2.28. The van der Waals surface area contributed by atoms with Crippen LogP contribution < -0.4 is 31.8 Å². The SMILES string of the molecule is O=C(O)C=Cc1cccc2c(-c3c(P(c4ccccc4)c4ccccc4)ccc4c(C=CC(=O)O)cccc34)c(P(c3ccccc3)c3ccccc3)ccc12. The van der Waals surface area contributed by atoms with Crippen LogP contribution in [0.1, 0.15) is 11.1 Å². The molecule has 0 radical (unpaired) electrons. The summed E-state index contributed by atoms with van der Waals surface area (Å²) in [5.41, 5.74) is 3.76. The third-order valence-electron chi connectivity index (χ3n) is 9.75. The second-order valence-corrected chi connectivity index (χ2v) is 17.5. The van der Waals surface area contributed by atoms with E-state index in [1.807, 2.05) is 48.5 Å². The number of carboxylic acid groups (broad SMARTS) is 2. The third kappa shape index (κ3) is 7.46. The molecule has 8 aromatic rings. The molecular weight excluding hydrogens is 726 g/mol. The van der Waals surface area contributed by atoms with Gasteiger partial charge in [-0.3, -0.25) is 0 Å². The summed E-state index contributed by atoms with van der Waals surface area (Å²) in [6, 6.07) is 63.6. The van der Waals surface area contributed by atoms with Gasteiger partial charge in [-0.2, -0.15) is 0 Å². The second kappa shape index (κ2) is 16.5. The lowest BCUT2D eigenvalue weighted by Crippen LogP contribution is -2.26. The molecule has 270 valence electrons. The van der Waals surface area contributed by atoms with Gasteiger partial charge in [-0.15, -0.1) is 0 Å². The van der Waals surface area contributed by atoms with E-state index in [-0.39, 0.29) is 0 Å². The first-order valence-electron chi connectivity index (χ1n) is 18.2. The number of carbonyl (C=O) groups is 2. The lowest BCUT2D eigenvalue weighted by molar-refractivity contribution is -0.132. The maximum absolute atomic E-state index is 11.8. The first-order chi connectivity index (χ1) is 27.5. The molecule has 0 saturated carbocycles. The van der Waals surface area contributed by atoms with Gasteiger partial charge in [0.05, 0.1) is 0 Å². The first kappa shape index (κ1) is 36.5. The van der Waals surface area contributed by atoms with Crippen LogP contribution in [0.4, 0.5) is 0 Å². The smallest absolute Gasteiger partial charge is 0.328 e. The highest BCUT2D eigenvalue weighted by Crippen LogP contribution is 2.46. The monoisotopic (exact) mass is 762 g/mol. The van der Waals surface area contributed by atoms with E-state index < -0.39 is 27.8 Å². The molecule has 56 heavy (non-hydrogen) atoms. The van der Waals surface area contributed by atoms with Crippen molar-refractivity contribution < 1.29 is 19.8 Å². The van der Waals surface area contributed by atoms with Crippen molar-refractivity contribution in [1.82, 2.24) is 0 Å². The summed E-state index contributed by atoms with van der Waals surface area (Å²) in [6.07, 6.45) is 5.73. The van der Waals surface area contributed by atoms with Crippen LogP contribution in [-0.2, 0) is 9.59 Å². The number of carboxylic acids is 2. The van der Waals surface area contributed by atoms with Gasteiger partial charge in [0.25, 0.3) is 0 Å². The molecule has 0 aliphatic rings. The summed E-state index contributed by atoms with van der Waals surface area (Å²) >= 11 is 0. The van der Waals surface area contributed by atoms with Crippen molar-refractivity contribution in [2.45, 2.75) is 0 Å². The Morgan fingerprint density at radius 3 is 0.982 bits per heavy atom. The van der Waals surface area contributed by atoms with Gasteiger partial charge < -0.3 is 10.2 Å². The predicted octanol–water partition coefficient (Wildman–Crippen LogP) is 9.37. The number of hydrogen-bond acceptors (Lipinski definition) is 2. The van der Waals surface area contributed by atoms with Crippen molar-refractivity contribution >= 4 is 93.3 Å². The molecule has 0 heterocycles. The van der Waals surface area contributed by atoms with Crippen LogP contribution in [0.2, 0.25) is 0 Å². The Morgan fingerprint density at radius 2 is 0.679 bits per heavy atom.